The number of aliphatic hydroxyl groups is 1. The van der Waals surface area contributed by atoms with Crippen LogP contribution in [-0.2, 0) is 24.0 Å². The van der Waals surface area contributed by atoms with Gasteiger partial charge in [-0.05, 0) is 31.8 Å². The number of rotatable bonds is 15. The lowest BCUT2D eigenvalue weighted by Gasteiger charge is -2.26. The lowest BCUT2D eigenvalue weighted by Crippen LogP contribution is -2.60. The molecular formula is C17H31N5O7S2. The Hall–Kier alpha value is -2.03. The van der Waals surface area contributed by atoms with Crippen molar-refractivity contribution in [2.45, 2.75) is 56.5 Å². The predicted octanol–water partition coefficient (Wildman–Crippen LogP) is -2.82. The van der Waals surface area contributed by atoms with Gasteiger partial charge in [0, 0.05) is 12.2 Å². The number of amides is 4. The Labute approximate surface area is 190 Å². The zero-order valence-electron chi connectivity index (χ0n) is 17.4. The molecule has 0 aromatic heterocycles. The predicted molar refractivity (Wildman–Crippen MR) is 118 cm³/mol. The van der Waals surface area contributed by atoms with Crippen molar-refractivity contribution < 1.29 is 34.2 Å². The van der Waals surface area contributed by atoms with Crippen LogP contribution in [0.2, 0.25) is 0 Å². The van der Waals surface area contributed by atoms with E-state index >= 15 is 0 Å². The number of nitrogens with two attached hydrogens (primary N) is 2. The van der Waals surface area contributed by atoms with Gasteiger partial charge in [-0.25, -0.2) is 4.79 Å². The number of carbonyl (C=O) groups is 5. The molecule has 178 valence electrons. The Kier molecular flexibility index (Phi) is 13.9. The molecule has 0 aliphatic rings. The van der Waals surface area contributed by atoms with E-state index in [4.69, 9.17) is 16.6 Å². The zero-order chi connectivity index (χ0) is 24.1. The van der Waals surface area contributed by atoms with Gasteiger partial charge in [-0.3, -0.25) is 19.2 Å². The quantitative estimate of drug-likeness (QED) is 0.113. The molecule has 5 unspecified atom stereocenters. The molecule has 12 nitrogen and oxygen atoms in total. The van der Waals surface area contributed by atoms with Crippen LogP contribution in [-0.4, -0.2) is 87.8 Å². The second-order valence-corrected chi connectivity index (χ2v) is 8.11. The van der Waals surface area contributed by atoms with E-state index in [0.29, 0.717) is 5.75 Å². The number of carboxylic acid groups (broad SMARTS) is 1. The van der Waals surface area contributed by atoms with Crippen molar-refractivity contribution in [1.82, 2.24) is 16.0 Å². The van der Waals surface area contributed by atoms with Gasteiger partial charge in [-0.1, -0.05) is 0 Å². The van der Waals surface area contributed by atoms with E-state index < -0.39 is 59.9 Å². The van der Waals surface area contributed by atoms with Crippen LogP contribution in [0.25, 0.3) is 0 Å². The largest absolute Gasteiger partial charge is 0.480 e. The molecule has 0 radical (unpaired) electrons. The summed E-state index contributed by atoms with van der Waals surface area (Å²) in [7, 11) is 0. The van der Waals surface area contributed by atoms with Crippen LogP contribution in [0.1, 0.15) is 26.2 Å². The third-order valence-electron chi connectivity index (χ3n) is 4.14. The average Bonchev–Trinajstić information content (AvgIpc) is 2.69. The van der Waals surface area contributed by atoms with Gasteiger partial charge in [-0.15, -0.1) is 0 Å². The van der Waals surface area contributed by atoms with Gasteiger partial charge < -0.3 is 37.6 Å². The summed E-state index contributed by atoms with van der Waals surface area (Å²) in [4.78, 5) is 59.3. The maximum atomic E-state index is 12.7. The fourth-order valence-electron chi connectivity index (χ4n) is 2.32. The molecule has 31 heavy (non-hydrogen) atoms. The van der Waals surface area contributed by atoms with E-state index in [9.17, 15) is 29.1 Å². The number of primary amides is 1. The monoisotopic (exact) mass is 481 g/mol. The molecule has 0 bridgehead atoms. The normalized spacial score (nSPS) is 15.6. The number of thiol groups is 1. The molecule has 0 saturated carbocycles. The van der Waals surface area contributed by atoms with Crippen molar-refractivity contribution in [3.05, 3.63) is 0 Å². The van der Waals surface area contributed by atoms with Crippen LogP contribution >= 0.6 is 24.4 Å². The smallest absolute Gasteiger partial charge is 0.327 e. The van der Waals surface area contributed by atoms with Crippen molar-refractivity contribution in [1.29, 1.82) is 0 Å². The first-order valence-electron chi connectivity index (χ1n) is 9.40. The highest BCUT2D eigenvalue weighted by atomic mass is 32.2. The third-order valence-corrected chi connectivity index (χ3v) is 5.15. The standard InChI is InChI=1S/C17H31N5O7S2/c1-8(23)13(22-14(25)9(18)3-4-12(19)24)16(27)20-10(5-6-31-2)15(26)21-11(7-30)17(28)29/h8-11,13,23,30H,3-7,18H2,1-2H3,(H2,19,24)(H,20,27)(H,21,26)(H,22,25)(H,28,29). The topological polar surface area (TPSA) is 214 Å². The number of nitrogens with one attached hydrogen (secondary N) is 3. The van der Waals surface area contributed by atoms with Gasteiger partial charge in [0.15, 0.2) is 0 Å². The number of aliphatic hydroxyl groups excluding tert-OH is 1. The lowest BCUT2D eigenvalue weighted by atomic mass is 10.1. The van der Waals surface area contributed by atoms with Gasteiger partial charge in [0.2, 0.25) is 23.6 Å². The molecule has 4 amide bonds. The Morgan fingerprint density at radius 2 is 1.58 bits per heavy atom. The van der Waals surface area contributed by atoms with Crippen molar-refractivity contribution in [3.8, 4) is 0 Å². The fraction of sp³-hybridized carbons (Fsp3) is 0.706. The number of hydrogen-bond donors (Lipinski definition) is 8. The van der Waals surface area contributed by atoms with Crippen molar-refractivity contribution in [2.75, 3.05) is 17.8 Å². The van der Waals surface area contributed by atoms with Crippen molar-refractivity contribution in [3.63, 3.8) is 0 Å². The number of carbonyl (C=O) groups excluding carboxylic acids is 4. The maximum Gasteiger partial charge on any atom is 0.327 e. The van der Waals surface area contributed by atoms with Crippen molar-refractivity contribution >= 4 is 54.0 Å². The Bertz CT molecular complexity index is 650. The van der Waals surface area contributed by atoms with E-state index in [1.807, 2.05) is 0 Å². The summed E-state index contributed by atoms with van der Waals surface area (Å²) in [5.41, 5.74) is 10.7. The van der Waals surface area contributed by atoms with Gasteiger partial charge in [0.1, 0.15) is 18.1 Å². The summed E-state index contributed by atoms with van der Waals surface area (Å²) in [6, 6.07) is -4.93. The molecule has 9 N–H and O–H groups in total. The van der Waals surface area contributed by atoms with E-state index in [-0.39, 0.29) is 25.0 Å². The highest BCUT2D eigenvalue weighted by Crippen LogP contribution is 2.05. The molecule has 0 heterocycles. The third kappa shape index (κ3) is 11.2. The summed E-state index contributed by atoms with van der Waals surface area (Å²) in [6.07, 6.45) is 0.454. The van der Waals surface area contributed by atoms with Gasteiger partial charge in [0.05, 0.1) is 12.1 Å². The minimum atomic E-state index is -1.43. The molecule has 0 rings (SSSR count). The van der Waals surface area contributed by atoms with Crippen LogP contribution in [0.15, 0.2) is 0 Å². The Morgan fingerprint density at radius 3 is 2.03 bits per heavy atom. The molecule has 0 aromatic carbocycles. The van der Waals surface area contributed by atoms with Gasteiger partial charge >= 0.3 is 5.97 Å². The first kappa shape index (κ1) is 29.0. The molecule has 0 aliphatic carbocycles. The summed E-state index contributed by atoms with van der Waals surface area (Å²) in [6.45, 7) is 1.26. The van der Waals surface area contributed by atoms with E-state index in [1.165, 1.54) is 18.7 Å². The van der Waals surface area contributed by atoms with E-state index in [1.54, 1.807) is 6.26 Å². The Morgan fingerprint density at radius 1 is 1.00 bits per heavy atom. The molecular weight excluding hydrogens is 450 g/mol. The average molecular weight is 482 g/mol. The molecule has 14 heteroatoms. The second kappa shape index (κ2) is 14.9. The summed E-state index contributed by atoms with van der Waals surface area (Å²) >= 11 is 5.28. The molecule has 5 atom stereocenters. The second-order valence-electron chi connectivity index (χ2n) is 6.76. The van der Waals surface area contributed by atoms with Crippen LogP contribution in [0.4, 0.5) is 0 Å². The van der Waals surface area contributed by atoms with Crippen LogP contribution in [0.5, 0.6) is 0 Å². The van der Waals surface area contributed by atoms with Crippen molar-refractivity contribution in [2.24, 2.45) is 11.5 Å². The number of carboxylic acids is 1. The molecule has 0 saturated heterocycles. The van der Waals surface area contributed by atoms with Crippen LogP contribution in [0.3, 0.4) is 0 Å². The summed E-state index contributed by atoms with van der Waals surface area (Å²) < 4.78 is 0. The zero-order valence-corrected chi connectivity index (χ0v) is 19.1. The molecule has 0 aliphatic heterocycles. The first-order chi connectivity index (χ1) is 14.4. The Balaban J connectivity index is 5.25. The maximum absolute atomic E-state index is 12.7. The van der Waals surface area contributed by atoms with E-state index in [2.05, 4.69) is 28.6 Å². The number of hydrogen-bond acceptors (Lipinski definition) is 9. The summed E-state index contributed by atoms with van der Waals surface area (Å²) in [5, 5.41) is 26.0. The van der Waals surface area contributed by atoms with Crippen LogP contribution in [0, 0.1) is 0 Å². The minimum absolute atomic E-state index is 0.0472. The fourth-order valence-corrected chi connectivity index (χ4v) is 3.04. The molecule has 0 fully saturated rings. The van der Waals surface area contributed by atoms with Crippen LogP contribution < -0.4 is 27.4 Å². The van der Waals surface area contributed by atoms with E-state index in [0.717, 1.165) is 0 Å². The highest BCUT2D eigenvalue weighted by molar-refractivity contribution is 7.98. The number of thioether (sulfide) groups is 1. The highest BCUT2D eigenvalue weighted by Gasteiger charge is 2.32. The molecule has 0 aromatic rings. The number of aliphatic carboxylic acids is 1. The first-order valence-corrected chi connectivity index (χ1v) is 11.4. The lowest BCUT2D eigenvalue weighted by molar-refractivity contribution is -0.141. The summed E-state index contributed by atoms with van der Waals surface area (Å²) in [5.74, 6) is -3.98. The SMILES string of the molecule is CSCCC(NC(=O)C(NC(=O)C(N)CCC(N)=O)C(C)O)C(=O)NC(CS)C(=O)O. The minimum Gasteiger partial charge on any atom is -0.480 e. The van der Waals surface area contributed by atoms with Gasteiger partial charge in [0.25, 0.3) is 0 Å². The van der Waals surface area contributed by atoms with Gasteiger partial charge in [-0.2, -0.15) is 24.4 Å². The molecule has 0 spiro atoms.